The first-order valence-corrected chi connectivity index (χ1v) is 8.22. The van der Waals surface area contributed by atoms with E-state index >= 15 is 0 Å². The first-order chi connectivity index (χ1) is 9.16. The van der Waals surface area contributed by atoms with Crippen LogP contribution in [0.3, 0.4) is 0 Å². The van der Waals surface area contributed by atoms with Gasteiger partial charge in [0.15, 0.2) is 0 Å². The molecular weight excluding hydrogens is 349 g/mol. The van der Waals surface area contributed by atoms with E-state index in [2.05, 4.69) is 46.9 Å². The van der Waals surface area contributed by atoms with Crippen molar-refractivity contribution >= 4 is 28.4 Å². The lowest BCUT2D eigenvalue weighted by Crippen LogP contribution is -2.39. The molecular formula is C16H22INO. The van der Waals surface area contributed by atoms with Crippen molar-refractivity contribution in [2.24, 2.45) is 11.1 Å². The fourth-order valence-electron chi connectivity index (χ4n) is 2.98. The second kappa shape index (κ2) is 6.84. The molecule has 0 saturated heterocycles. The summed E-state index contributed by atoms with van der Waals surface area (Å²) in [6.07, 6.45) is 7.29. The fraction of sp³-hybridized carbons (Fsp3) is 0.562. The van der Waals surface area contributed by atoms with E-state index in [0.717, 1.165) is 31.2 Å². The van der Waals surface area contributed by atoms with Crippen LogP contribution in [0.25, 0.3) is 0 Å². The molecule has 104 valence electrons. The van der Waals surface area contributed by atoms with Crippen molar-refractivity contribution in [1.82, 2.24) is 0 Å². The predicted molar refractivity (Wildman–Crippen MR) is 87.1 cm³/mol. The maximum atomic E-state index is 12.7. The minimum atomic E-state index is -0.250. The van der Waals surface area contributed by atoms with Gasteiger partial charge in [-0.3, -0.25) is 4.79 Å². The summed E-state index contributed by atoms with van der Waals surface area (Å²) in [6.45, 7) is 0.510. The van der Waals surface area contributed by atoms with Crippen LogP contribution in [-0.4, -0.2) is 12.3 Å². The number of Topliss-reactive ketones (excluding diaryl/α,β-unsaturated/α-hetero) is 1. The standard InChI is InChI=1S/C16H22INO/c17-14-7-5-13(6-8-14)11-15(19)16(12-18)9-3-1-2-4-10-16/h5-8H,1-4,9-12,18H2. The molecule has 0 aliphatic heterocycles. The van der Waals surface area contributed by atoms with Crippen LogP contribution in [0.5, 0.6) is 0 Å². The number of carbonyl (C=O) groups is 1. The van der Waals surface area contributed by atoms with Crippen molar-refractivity contribution in [2.75, 3.05) is 6.54 Å². The molecule has 1 aromatic carbocycles. The van der Waals surface area contributed by atoms with Crippen molar-refractivity contribution < 1.29 is 4.79 Å². The topological polar surface area (TPSA) is 43.1 Å². The molecule has 0 bridgehead atoms. The van der Waals surface area contributed by atoms with Crippen LogP contribution in [0.1, 0.15) is 44.1 Å². The number of nitrogens with two attached hydrogens (primary N) is 1. The predicted octanol–water partition coefficient (Wildman–Crippen LogP) is 3.70. The third-order valence-corrected chi connectivity index (χ3v) is 5.04. The molecule has 19 heavy (non-hydrogen) atoms. The van der Waals surface area contributed by atoms with E-state index in [1.165, 1.54) is 16.4 Å². The van der Waals surface area contributed by atoms with Crippen LogP contribution in [0.15, 0.2) is 24.3 Å². The molecule has 1 fully saturated rings. The number of benzene rings is 1. The Labute approximate surface area is 129 Å². The SMILES string of the molecule is NCC1(C(=O)Cc2ccc(I)cc2)CCCCCC1. The number of hydrogen-bond donors (Lipinski definition) is 1. The van der Waals surface area contributed by atoms with Crippen molar-refractivity contribution in [3.8, 4) is 0 Å². The van der Waals surface area contributed by atoms with E-state index in [9.17, 15) is 4.79 Å². The fourth-order valence-corrected chi connectivity index (χ4v) is 3.34. The second-order valence-electron chi connectivity index (χ2n) is 5.63. The van der Waals surface area contributed by atoms with E-state index in [0.29, 0.717) is 18.7 Å². The van der Waals surface area contributed by atoms with Gasteiger partial charge in [0.1, 0.15) is 5.78 Å². The highest BCUT2D eigenvalue weighted by atomic mass is 127. The summed E-state index contributed by atoms with van der Waals surface area (Å²) in [6, 6.07) is 8.23. The minimum Gasteiger partial charge on any atom is -0.329 e. The lowest BCUT2D eigenvalue weighted by atomic mass is 9.75. The molecule has 0 spiro atoms. The largest absolute Gasteiger partial charge is 0.329 e. The lowest BCUT2D eigenvalue weighted by Gasteiger charge is -2.29. The Kier molecular flexibility index (Phi) is 5.39. The van der Waals surface area contributed by atoms with Gasteiger partial charge in [-0.15, -0.1) is 0 Å². The molecule has 0 unspecified atom stereocenters. The summed E-state index contributed by atoms with van der Waals surface area (Å²) in [4.78, 5) is 12.7. The molecule has 1 aliphatic carbocycles. The van der Waals surface area contributed by atoms with Crippen LogP contribution >= 0.6 is 22.6 Å². The van der Waals surface area contributed by atoms with Crippen LogP contribution in [-0.2, 0) is 11.2 Å². The Bertz CT molecular complexity index is 419. The van der Waals surface area contributed by atoms with Gasteiger partial charge in [0, 0.05) is 22.0 Å². The van der Waals surface area contributed by atoms with Crippen LogP contribution in [0.4, 0.5) is 0 Å². The van der Waals surface area contributed by atoms with Gasteiger partial charge in [-0.1, -0.05) is 37.8 Å². The Morgan fingerprint density at radius 3 is 2.21 bits per heavy atom. The van der Waals surface area contributed by atoms with Gasteiger partial charge in [0.2, 0.25) is 0 Å². The molecule has 0 radical (unpaired) electrons. The first kappa shape index (κ1) is 15.0. The molecule has 2 rings (SSSR count). The quantitative estimate of drug-likeness (QED) is 0.648. The van der Waals surface area contributed by atoms with E-state index in [1.807, 2.05) is 0 Å². The van der Waals surface area contributed by atoms with E-state index in [4.69, 9.17) is 5.73 Å². The number of hydrogen-bond acceptors (Lipinski definition) is 2. The van der Waals surface area contributed by atoms with Gasteiger partial charge in [0.25, 0.3) is 0 Å². The van der Waals surface area contributed by atoms with Crippen molar-refractivity contribution in [2.45, 2.75) is 44.9 Å². The van der Waals surface area contributed by atoms with Gasteiger partial charge in [-0.2, -0.15) is 0 Å². The number of rotatable bonds is 4. The third-order valence-electron chi connectivity index (χ3n) is 4.32. The Morgan fingerprint density at radius 1 is 1.11 bits per heavy atom. The molecule has 2 nitrogen and oxygen atoms in total. The number of carbonyl (C=O) groups excluding carboxylic acids is 1. The minimum absolute atomic E-state index is 0.250. The Hall–Kier alpha value is -0.420. The zero-order valence-corrected chi connectivity index (χ0v) is 13.5. The molecule has 1 aromatic rings. The van der Waals surface area contributed by atoms with E-state index in [1.54, 1.807) is 0 Å². The summed E-state index contributed by atoms with van der Waals surface area (Å²) in [7, 11) is 0. The average molecular weight is 371 g/mol. The monoisotopic (exact) mass is 371 g/mol. The molecule has 3 heteroatoms. The summed E-state index contributed by atoms with van der Waals surface area (Å²) in [5.74, 6) is 0.345. The van der Waals surface area contributed by atoms with E-state index < -0.39 is 0 Å². The molecule has 1 saturated carbocycles. The molecule has 0 heterocycles. The van der Waals surface area contributed by atoms with E-state index in [-0.39, 0.29) is 5.41 Å². The van der Waals surface area contributed by atoms with Gasteiger partial charge in [-0.25, -0.2) is 0 Å². The van der Waals surface area contributed by atoms with Crippen molar-refractivity contribution in [3.05, 3.63) is 33.4 Å². The van der Waals surface area contributed by atoms with Gasteiger partial charge >= 0.3 is 0 Å². The molecule has 1 aliphatic rings. The van der Waals surface area contributed by atoms with Crippen LogP contribution in [0, 0.1) is 8.99 Å². The third kappa shape index (κ3) is 3.78. The molecule has 2 N–H and O–H groups in total. The zero-order valence-electron chi connectivity index (χ0n) is 11.3. The normalized spacial score (nSPS) is 18.8. The van der Waals surface area contributed by atoms with Gasteiger partial charge in [0.05, 0.1) is 0 Å². The number of ketones is 1. The molecule has 0 aromatic heterocycles. The number of halogens is 1. The highest BCUT2D eigenvalue weighted by Crippen LogP contribution is 2.36. The maximum Gasteiger partial charge on any atom is 0.144 e. The molecule has 0 atom stereocenters. The van der Waals surface area contributed by atoms with Gasteiger partial charge in [-0.05, 0) is 53.1 Å². The molecule has 0 amide bonds. The highest BCUT2D eigenvalue weighted by molar-refractivity contribution is 14.1. The Balaban J connectivity index is 2.09. The summed E-state index contributed by atoms with van der Waals surface area (Å²) in [5.41, 5.74) is 6.83. The maximum absolute atomic E-state index is 12.7. The van der Waals surface area contributed by atoms with Crippen LogP contribution < -0.4 is 5.73 Å². The second-order valence-corrected chi connectivity index (χ2v) is 6.87. The van der Waals surface area contributed by atoms with Gasteiger partial charge < -0.3 is 5.73 Å². The first-order valence-electron chi connectivity index (χ1n) is 7.14. The highest BCUT2D eigenvalue weighted by Gasteiger charge is 2.36. The van der Waals surface area contributed by atoms with Crippen molar-refractivity contribution in [1.29, 1.82) is 0 Å². The summed E-state index contributed by atoms with van der Waals surface area (Å²) >= 11 is 2.28. The zero-order chi connectivity index (χ0) is 13.7. The van der Waals surface area contributed by atoms with Crippen LogP contribution in [0.2, 0.25) is 0 Å². The average Bonchev–Trinajstić information content (AvgIpc) is 2.67. The summed E-state index contributed by atoms with van der Waals surface area (Å²) in [5, 5.41) is 0. The lowest BCUT2D eigenvalue weighted by molar-refractivity contribution is -0.128. The Morgan fingerprint density at radius 2 is 1.68 bits per heavy atom. The summed E-state index contributed by atoms with van der Waals surface area (Å²) < 4.78 is 1.21. The smallest absolute Gasteiger partial charge is 0.144 e. The van der Waals surface area contributed by atoms with Crippen molar-refractivity contribution in [3.63, 3.8) is 0 Å².